The Morgan fingerprint density at radius 2 is 1.96 bits per heavy atom. The highest BCUT2D eigenvalue weighted by Gasteiger charge is 2.66. The molecule has 2 saturated heterocycles. The average molecular weight is 380 g/mol. The van der Waals surface area contributed by atoms with E-state index in [1.807, 2.05) is 41.3 Å². The number of hydrogen-bond donors (Lipinski definition) is 2. The van der Waals surface area contributed by atoms with E-state index < -0.39 is 0 Å². The second kappa shape index (κ2) is 7.89. The molecule has 0 bridgehead atoms. The third kappa shape index (κ3) is 3.16. The Labute approximate surface area is 166 Å². The smallest absolute Gasteiger partial charge is 0.317 e. The van der Waals surface area contributed by atoms with Crippen LogP contribution in [0.3, 0.4) is 0 Å². The number of carbonyl (C=O) groups excluding carboxylic acids is 1. The van der Waals surface area contributed by atoms with Crippen LogP contribution in [0.25, 0.3) is 0 Å². The first-order chi connectivity index (χ1) is 13.7. The number of aliphatic hydroxyl groups excluding tert-OH is 1. The van der Waals surface area contributed by atoms with Gasteiger partial charge in [-0.25, -0.2) is 4.79 Å². The molecule has 28 heavy (non-hydrogen) atoms. The van der Waals surface area contributed by atoms with E-state index in [4.69, 9.17) is 0 Å². The van der Waals surface area contributed by atoms with Gasteiger partial charge in [0.25, 0.3) is 0 Å². The zero-order chi connectivity index (χ0) is 19.6. The largest absolute Gasteiger partial charge is 0.395 e. The molecular weight excluding hydrogens is 352 g/mol. The lowest BCUT2D eigenvalue weighted by molar-refractivity contribution is -0.183. The Bertz CT molecular complexity index is 793. The number of aliphatic hydroxyl groups is 1. The van der Waals surface area contributed by atoms with Gasteiger partial charge in [0, 0.05) is 44.3 Å². The average Bonchev–Trinajstić information content (AvgIpc) is 2.70. The monoisotopic (exact) mass is 380 g/mol. The molecule has 4 rings (SSSR count). The van der Waals surface area contributed by atoms with Crippen molar-refractivity contribution < 1.29 is 9.90 Å². The van der Waals surface area contributed by atoms with E-state index in [-0.39, 0.29) is 30.1 Å². The molecule has 0 unspecified atom stereocenters. The van der Waals surface area contributed by atoms with Gasteiger partial charge < -0.3 is 15.3 Å². The highest BCUT2D eigenvalue weighted by molar-refractivity contribution is 5.76. The number of urea groups is 1. The van der Waals surface area contributed by atoms with E-state index in [1.54, 1.807) is 6.20 Å². The van der Waals surface area contributed by atoms with Crippen molar-refractivity contribution in [3.8, 4) is 0 Å². The summed E-state index contributed by atoms with van der Waals surface area (Å²) in [5.41, 5.74) is 2.07. The molecule has 1 aromatic heterocycles. The molecule has 6 nitrogen and oxygen atoms in total. The summed E-state index contributed by atoms with van der Waals surface area (Å²) >= 11 is 0. The summed E-state index contributed by atoms with van der Waals surface area (Å²) in [6.45, 7) is 4.87. The lowest BCUT2D eigenvalue weighted by Gasteiger charge is -2.70. The number of hydrogen-bond acceptors (Lipinski definition) is 4. The first-order valence-electron chi connectivity index (χ1n) is 10.0. The zero-order valence-corrected chi connectivity index (χ0v) is 16.3. The number of nitrogens with zero attached hydrogens (tertiary/aromatic N) is 3. The second-order valence-corrected chi connectivity index (χ2v) is 7.78. The summed E-state index contributed by atoms with van der Waals surface area (Å²) < 4.78 is 0. The van der Waals surface area contributed by atoms with Crippen LogP contribution in [-0.4, -0.2) is 63.7 Å². The van der Waals surface area contributed by atoms with Crippen LogP contribution in [-0.2, 0) is 6.54 Å². The van der Waals surface area contributed by atoms with Crippen LogP contribution in [0.1, 0.15) is 30.5 Å². The quantitative estimate of drug-likeness (QED) is 0.806. The van der Waals surface area contributed by atoms with E-state index in [2.05, 4.69) is 34.3 Å². The van der Waals surface area contributed by atoms with Crippen molar-refractivity contribution in [2.75, 3.05) is 26.2 Å². The molecule has 2 amide bonds. The van der Waals surface area contributed by atoms with Gasteiger partial charge in [0.1, 0.15) is 0 Å². The van der Waals surface area contributed by atoms with Crippen LogP contribution in [0.4, 0.5) is 4.79 Å². The van der Waals surface area contributed by atoms with Gasteiger partial charge in [-0.1, -0.05) is 43.3 Å². The molecule has 0 aliphatic carbocycles. The standard InChI is InChI=1S/C22H28N4O2/c1-2-11-24-21(28)25-15-22(16-25)20(17-8-4-3-5-9-17)19(14-27)26(22)13-18-10-6-7-12-23-18/h3-10,12,19-20,27H,2,11,13-16H2,1H3,(H,24,28)/t19-,20+/m1/s1. The Hall–Kier alpha value is -2.44. The highest BCUT2D eigenvalue weighted by atomic mass is 16.3. The first-order valence-corrected chi connectivity index (χ1v) is 10.0. The van der Waals surface area contributed by atoms with E-state index in [0.717, 1.165) is 12.1 Å². The van der Waals surface area contributed by atoms with Crippen LogP contribution in [0, 0.1) is 0 Å². The van der Waals surface area contributed by atoms with E-state index in [1.165, 1.54) is 5.56 Å². The third-order valence-corrected chi connectivity index (χ3v) is 6.08. The molecule has 2 aliphatic heterocycles. The number of amides is 2. The molecule has 3 heterocycles. The number of likely N-dealkylation sites (tertiary alicyclic amines) is 2. The topological polar surface area (TPSA) is 68.7 Å². The van der Waals surface area contributed by atoms with Crippen molar-refractivity contribution in [3.63, 3.8) is 0 Å². The fourth-order valence-electron chi connectivity index (χ4n) is 4.78. The van der Waals surface area contributed by atoms with Gasteiger partial charge >= 0.3 is 6.03 Å². The van der Waals surface area contributed by atoms with Crippen LogP contribution >= 0.6 is 0 Å². The number of nitrogens with one attached hydrogen (secondary N) is 1. The van der Waals surface area contributed by atoms with Gasteiger partial charge in [0.15, 0.2) is 0 Å². The van der Waals surface area contributed by atoms with Crippen LogP contribution in [0.2, 0.25) is 0 Å². The molecule has 2 fully saturated rings. The Balaban J connectivity index is 1.58. The summed E-state index contributed by atoms with van der Waals surface area (Å²) in [5, 5.41) is 13.1. The summed E-state index contributed by atoms with van der Waals surface area (Å²) in [6.07, 6.45) is 2.73. The van der Waals surface area contributed by atoms with Gasteiger partial charge in [-0.3, -0.25) is 9.88 Å². The van der Waals surface area contributed by atoms with Crippen molar-refractivity contribution in [1.82, 2.24) is 20.1 Å². The van der Waals surface area contributed by atoms with Crippen molar-refractivity contribution in [2.24, 2.45) is 0 Å². The molecule has 2 N–H and O–H groups in total. The van der Waals surface area contributed by atoms with Gasteiger partial charge in [0.2, 0.25) is 0 Å². The number of carbonyl (C=O) groups is 1. The minimum atomic E-state index is -0.143. The minimum absolute atomic E-state index is 0.00419. The molecule has 2 aromatic rings. The van der Waals surface area contributed by atoms with Gasteiger partial charge in [-0.05, 0) is 24.1 Å². The molecular formula is C22H28N4O2. The molecule has 0 radical (unpaired) electrons. The van der Waals surface area contributed by atoms with Crippen LogP contribution in [0.5, 0.6) is 0 Å². The maximum Gasteiger partial charge on any atom is 0.317 e. The normalized spacial score (nSPS) is 23.1. The number of rotatable bonds is 6. The Morgan fingerprint density at radius 3 is 2.61 bits per heavy atom. The van der Waals surface area contributed by atoms with Crippen LogP contribution in [0.15, 0.2) is 54.7 Å². The molecule has 148 valence electrons. The molecule has 1 spiro atoms. The predicted molar refractivity (Wildman–Crippen MR) is 108 cm³/mol. The number of pyridine rings is 1. The summed E-state index contributed by atoms with van der Waals surface area (Å²) in [4.78, 5) is 21.1. The Kier molecular flexibility index (Phi) is 5.33. The highest BCUT2D eigenvalue weighted by Crippen LogP contribution is 2.54. The van der Waals surface area contributed by atoms with Crippen molar-refractivity contribution in [3.05, 3.63) is 66.0 Å². The summed E-state index contributed by atoms with van der Waals surface area (Å²) in [7, 11) is 0. The van der Waals surface area contributed by atoms with E-state index in [0.29, 0.717) is 26.2 Å². The maximum absolute atomic E-state index is 12.4. The maximum atomic E-state index is 12.4. The minimum Gasteiger partial charge on any atom is -0.395 e. The third-order valence-electron chi connectivity index (χ3n) is 6.08. The van der Waals surface area contributed by atoms with E-state index in [9.17, 15) is 9.90 Å². The second-order valence-electron chi connectivity index (χ2n) is 7.78. The SMILES string of the molecule is CCCNC(=O)N1CC2(C1)[C@@H](c1ccccc1)[C@@H](CO)N2Cc1ccccn1. The fourth-order valence-corrected chi connectivity index (χ4v) is 4.78. The van der Waals surface area contributed by atoms with Gasteiger partial charge in [0.05, 0.1) is 17.8 Å². The summed E-state index contributed by atoms with van der Waals surface area (Å²) in [6, 6.07) is 16.3. The van der Waals surface area contributed by atoms with Gasteiger partial charge in [-0.2, -0.15) is 0 Å². The molecule has 1 aromatic carbocycles. The lowest BCUT2D eigenvalue weighted by atomic mass is 9.60. The molecule has 2 atom stereocenters. The zero-order valence-electron chi connectivity index (χ0n) is 16.3. The van der Waals surface area contributed by atoms with Crippen LogP contribution < -0.4 is 5.32 Å². The van der Waals surface area contributed by atoms with Crippen molar-refractivity contribution in [1.29, 1.82) is 0 Å². The number of aromatic nitrogens is 1. The number of benzene rings is 1. The molecule has 6 heteroatoms. The molecule has 0 saturated carbocycles. The summed E-state index contributed by atoms with van der Waals surface area (Å²) in [5.74, 6) is 0.206. The van der Waals surface area contributed by atoms with Crippen molar-refractivity contribution >= 4 is 6.03 Å². The predicted octanol–water partition coefficient (Wildman–Crippen LogP) is 2.22. The Morgan fingerprint density at radius 1 is 1.21 bits per heavy atom. The van der Waals surface area contributed by atoms with Crippen molar-refractivity contribution in [2.45, 2.75) is 37.4 Å². The van der Waals surface area contributed by atoms with E-state index >= 15 is 0 Å². The molecule has 2 aliphatic rings. The first kappa shape index (κ1) is 18.9. The lowest BCUT2D eigenvalue weighted by Crippen LogP contribution is -2.85. The fraction of sp³-hybridized carbons (Fsp3) is 0.455. The van der Waals surface area contributed by atoms with Gasteiger partial charge in [-0.15, -0.1) is 0 Å².